The number of carbonyl (C=O) groups excluding carboxylic acids is 1. The van der Waals surface area contributed by atoms with Crippen LogP contribution in [0.2, 0.25) is 0 Å². The molecule has 4 N–H and O–H groups in total. The molecule has 1 unspecified atom stereocenters. The lowest BCUT2D eigenvalue weighted by molar-refractivity contribution is -0.126. The minimum Gasteiger partial charge on any atom is -0.491 e. The Balaban J connectivity index is 2.05. The fourth-order valence-electron chi connectivity index (χ4n) is 2.45. The van der Waals surface area contributed by atoms with Gasteiger partial charge in [-0.2, -0.15) is 0 Å². The van der Waals surface area contributed by atoms with Crippen LogP contribution in [0.5, 0.6) is 5.75 Å². The quantitative estimate of drug-likeness (QED) is 0.656. The number of hydrogen-bond acceptors (Lipinski definition) is 4. The van der Waals surface area contributed by atoms with Crippen molar-refractivity contribution in [3.8, 4) is 5.75 Å². The normalized spacial score (nSPS) is 17.5. The number of aliphatic hydroxyl groups is 1. The van der Waals surface area contributed by atoms with Gasteiger partial charge in [0.2, 0.25) is 5.91 Å². The Hall–Kier alpha value is -1.59. The van der Waals surface area contributed by atoms with E-state index in [9.17, 15) is 4.79 Å². The summed E-state index contributed by atoms with van der Waals surface area (Å²) in [5, 5.41) is 12.2. The van der Waals surface area contributed by atoms with Gasteiger partial charge in [-0.05, 0) is 43.0 Å². The SMILES string of the molecule is CCNC(COc1ccc(CO)cc1)(C(N)=O)C1CC1. The molecule has 1 aliphatic rings. The highest BCUT2D eigenvalue weighted by Gasteiger charge is 2.50. The van der Waals surface area contributed by atoms with E-state index in [-0.39, 0.29) is 25.0 Å². The Morgan fingerprint density at radius 2 is 2.10 bits per heavy atom. The molecule has 0 aromatic heterocycles. The first-order chi connectivity index (χ1) is 9.62. The molecule has 2 rings (SSSR count). The van der Waals surface area contributed by atoms with Gasteiger partial charge in [-0.1, -0.05) is 19.1 Å². The molecule has 1 aliphatic carbocycles. The van der Waals surface area contributed by atoms with Gasteiger partial charge in [0.1, 0.15) is 17.9 Å². The second kappa shape index (κ2) is 6.24. The minimum absolute atomic E-state index is 0.00493. The number of hydrogen-bond donors (Lipinski definition) is 3. The molecular weight excluding hydrogens is 256 g/mol. The summed E-state index contributed by atoms with van der Waals surface area (Å²) in [6, 6.07) is 7.17. The average Bonchev–Trinajstić information content (AvgIpc) is 3.28. The smallest absolute Gasteiger partial charge is 0.241 e. The van der Waals surface area contributed by atoms with Gasteiger partial charge in [-0.3, -0.25) is 4.79 Å². The zero-order valence-electron chi connectivity index (χ0n) is 11.8. The summed E-state index contributed by atoms with van der Waals surface area (Å²) in [5.41, 5.74) is 5.65. The van der Waals surface area contributed by atoms with Crippen LogP contribution in [0.25, 0.3) is 0 Å². The Kier molecular flexibility index (Phi) is 4.62. The summed E-state index contributed by atoms with van der Waals surface area (Å²) in [5.74, 6) is 0.580. The van der Waals surface area contributed by atoms with E-state index in [1.165, 1.54) is 0 Å². The van der Waals surface area contributed by atoms with Crippen LogP contribution in [-0.4, -0.2) is 29.7 Å². The molecule has 0 spiro atoms. The highest BCUT2D eigenvalue weighted by atomic mass is 16.5. The highest BCUT2D eigenvalue weighted by molar-refractivity contribution is 5.85. The van der Waals surface area contributed by atoms with E-state index in [2.05, 4.69) is 5.32 Å². The lowest BCUT2D eigenvalue weighted by Crippen LogP contribution is -2.61. The predicted octanol–water partition coefficient (Wildman–Crippen LogP) is 0.801. The topological polar surface area (TPSA) is 84.6 Å². The van der Waals surface area contributed by atoms with Gasteiger partial charge in [0, 0.05) is 0 Å². The first-order valence-corrected chi connectivity index (χ1v) is 7.00. The number of aliphatic hydroxyl groups excluding tert-OH is 1. The van der Waals surface area contributed by atoms with Gasteiger partial charge in [0.25, 0.3) is 0 Å². The predicted molar refractivity (Wildman–Crippen MR) is 76.2 cm³/mol. The van der Waals surface area contributed by atoms with Gasteiger partial charge < -0.3 is 20.9 Å². The van der Waals surface area contributed by atoms with Crippen molar-refractivity contribution < 1.29 is 14.6 Å². The van der Waals surface area contributed by atoms with Crippen LogP contribution in [-0.2, 0) is 11.4 Å². The maximum absolute atomic E-state index is 11.9. The van der Waals surface area contributed by atoms with Crippen LogP contribution in [0, 0.1) is 5.92 Å². The Labute approximate surface area is 119 Å². The van der Waals surface area contributed by atoms with Gasteiger partial charge >= 0.3 is 0 Å². The molecule has 20 heavy (non-hydrogen) atoms. The minimum atomic E-state index is -0.773. The van der Waals surface area contributed by atoms with E-state index >= 15 is 0 Å². The zero-order valence-corrected chi connectivity index (χ0v) is 11.8. The molecule has 110 valence electrons. The molecule has 0 aliphatic heterocycles. The molecule has 0 bridgehead atoms. The largest absolute Gasteiger partial charge is 0.491 e. The summed E-state index contributed by atoms with van der Waals surface area (Å²) in [6.45, 7) is 2.87. The summed E-state index contributed by atoms with van der Waals surface area (Å²) in [4.78, 5) is 11.9. The average molecular weight is 278 g/mol. The number of rotatable bonds is 8. The molecule has 5 nitrogen and oxygen atoms in total. The lowest BCUT2D eigenvalue weighted by Gasteiger charge is -2.31. The number of nitrogens with one attached hydrogen (secondary N) is 1. The standard InChI is InChI=1S/C15H22N2O3/c1-2-17-15(14(16)19,12-5-6-12)10-20-13-7-3-11(9-18)4-8-13/h3-4,7-8,12,17-18H,2,5-6,9-10H2,1H3,(H2,16,19). The van der Waals surface area contributed by atoms with Crippen molar-refractivity contribution in [3.05, 3.63) is 29.8 Å². The van der Waals surface area contributed by atoms with E-state index in [1.807, 2.05) is 6.92 Å². The molecule has 0 heterocycles. The molecular formula is C15H22N2O3. The molecule has 0 saturated heterocycles. The second-order valence-electron chi connectivity index (χ2n) is 5.23. The Morgan fingerprint density at radius 1 is 1.45 bits per heavy atom. The van der Waals surface area contributed by atoms with Crippen LogP contribution >= 0.6 is 0 Å². The van der Waals surface area contributed by atoms with Crippen molar-refractivity contribution in [3.63, 3.8) is 0 Å². The van der Waals surface area contributed by atoms with E-state index < -0.39 is 5.54 Å². The molecule has 1 fully saturated rings. The third-order valence-corrected chi connectivity index (χ3v) is 3.78. The van der Waals surface area contributed by atoms with Crippen LogP contribution in [0.4, 0.5) is 0 Å². The lowest BCUT2D eigenvalue weighted by atomic mass is 9.93. The van der Waals surface area contributed by atoms with Gasteiger partial charge in [0.05, 0.1) is 6.61 Å². The van der Waals surface area contributed by atoms with E-state index in [4.69, 9.17) is 15.6 Å². The second-order valence-corrected chi connectivity index (χ2v) is 5.23. The summed E-state index contributed by atoms with van der Waals surface area (Å²) >= 11 is 0. The van der Waals surface area contributed by atoms with Gasteiger partial charge in [-0.25, -0.2) is 0 Å². The van der Waals surface area contributed by atoms with Crippen molar-refractivity contribution >= 4 is 5.91 Å². The van der Waals surface area contributed by atoms with Crippen molar-refractivity contribution in [1.82, 2.24) is 5.32 Å². The molecule has 1 atom stereocenters. The van der Waals surface area contributed by atoms with Crippen LogP contribution in [0.1, 0.15) is 25.3 Å². The van der Waals surface area contributed by atoms with Crippen molar-refractivity contribution in [2.75, 3.05) is 13.2 Å². The molecule has 0 radical (unpaired) electrons. The molecule has 5 heteroatoms. The Bertz CT molecular complexity index is 457. The van der Waals surface area contributed by atoms with E-state index in [0.717, 1.165) is 18.4 Å². The summed E-state index contributed by atoms with van der Waals surface area (Å²) in [6.07, 6.45) is 2.01. The first-order valence-electron chi connectivity index (χ1n) is 7.00. The van der Waals surface area contributed by atoms with Crippen LogP contribution < -0.4 is 15.8 Å². The number of likely N-dealkylation sites (N-methyl/N-ethyl adjacent to an activating group) is 1. The highest BCUT2D eigenvalue weighted by Crippen LogP contribution is 2.40. The van der Waals surface area contributed by atoms with E-state index in [0.29, 0.717) is 12.3 Å². The zero-order chi connectivity index (χ0) is 14.6. The number of ether oxygens (including phenoxy) is 1. The van der Waals surface area contributed by atoms with Crippen LogP contribution in [0.3, 0.4) is 0 Å². The van der Waals surface area contributed by atoms with Crippen molar-refractivity contribution in [1.29, 1.82) is 0 Å². The molecule has 1 aromatic carbocycles. The third kappa shape index (κ3) is 3.11. The van der Waals surface area contributed by atoms with Crippen molar-refractivity contribution in [2.45, 2.75) is 31.9 Å². The monoisotopic (exact) mass is 278 g/mol. The number of primary amides is 1. The van der Waals surface area contributed by atoms with Crippen LogP contribution in [0.15, 0.2) is 24.3 Å². The first kappa shape index (κ1) is 14.8. The van der Waals surface area contributed by atoms with Gasteiger partial charge in [-0.15, -0.1) is 0 Å². The fourth-order valence-corrected chi connectivity index (χ4v) is 2.45. The Morgan fingerprint density at radius 3 is 2.55 bits per heavy atom. The molecule has 1 aromatic rings. The summed E-state index contributed by atoms with van der Waals surface area (Å²) in [7, 11) is 0. The third-order valence-electron chi connectivity index (χ3n) is 3.78. The maximum atomic E-state index is 11.9. The summed E-state index contributed by atoms with van der Waals surface area (Å²) < 4.78 is 5.74. The number of benzene rings is 1. The molecule has 1 amide bonds. The fraction of sp³-hybridized carbons (Fsp3) is 0.533. The maximum Gasteiger partial charge on any atom is 0.241 e. The van der Waals surface area contributed by atoms with Gasteiger partial charge in [0.15, 0.2) is 0 Å². The van der Waals surface area contributed by atoms with E-state index in [1.54, 1.807) is 24.3 Å². The number of carbonyl (C=O) groups is 1. The molecule has 1 saturated carbocycles. The number of amides is 1. The number of nitrogens with two attached hydrogens (primary N) is 1. The van der Waals surface area contributed by atoms with Crippen molar-refractivity contribution in [2.24, 2.45) is 11.7 Å².